The van der Waals surface area contributed by atoms with E-state index in [0.29, 0.717) is 13.1 Å². The molecule has 0 saturated carbocycles. The van der Waals surface area contributed by atoms with Crippen LogP contribution in [0.1, 0.15) is 12.5 Å². The van der Waals surface area contributed by atoms with Gasteiger partial charge in [-0.15, -0.1) is 5.10 Å². The zero-order chi connectivity index (χ0) is 16.4. The van der Waals surface area contributed by atoms with Gasteiger partial charge in [-0.25, -0.2) is 4.68 Å². The van der Waals surface area contributed by atoms with Crippen molar-refractivity contribution in [2.45, 2.75) is 19.0 Å². The van der Waals surface area contributed by atoms with Gasteiger partial charge >= 0.3 is 0 Å². The van der Waals surface area contributed by atoms with E-state index in [9.17, 15) is 4.79 Å². The van der Waals surface area contributed by atoms with Gasteiger partial charge in [0.25, 0.3) is 0 Å². The van der Waals surface area contributed by atoms with Crippen molar-refractivity contribution in [3.8, 4) is 11.3 Å². The van der Waals surface area contributed by atoms with Crippen LogP contribution in [0.5, 0.6) is 0 Å². The average molecular weight is 321 g/mol. The quantitative estimate of drug-likeness (QED) is 0.740. The third-order valence-electron chi connectivity index (χ3n) is 4.45. The number of carbonyl (C=O) groups excluding carboxylic acids is 1. The summed E-state index contributed by atoms with van der Waals surface area (Å²) in [5, 5.41) is 8.53. The number of nitrogens with zero attached hydrogens (tertiary/aromatic N) is 5. The smallest absolute Gasteiger partial charge is 0.242 e. The predicted molar refractivity (Wildman–Crippen MR) is 90.1 cm³/mol. The lowest BCUT2D eigenvalue weighted by molar-refractivity contribution is -0.130. The Kier molecular flexibility index (Phi) is 3.86. The minimum absolute atomic E-state index is 0.150. The predicted octanol–water partition coefficient (Wildman–Crippen LogP) is 2.22. The van der Waals surface area contributed by atoms with Crippen LogP contribution < -0.4 is 0 Å². The second-order valence-electron chi connectivity index (χ2n) is 6.09. The fraction of sp³-hybridized carbons (Fsp3) is 0.278. The number of aromatic nitrogens is 4. The summed E-state index contributed by atoms with van der Waals surface area (Å²) in [6.45, 7) is 1.86. The molecule has 1 unspecified atom stereocenters. The normalized spacial score (nSPS) is 17.3. The monoisotopic (exact) mass is 321 g/mol. The van der Waals surface area contributed by atoms with Crippen molar-refractivity contribution in [2.24, 2.45) is 0 Å². The second kappa shape index (κ2) is 6.31. The third kappa shape index (κ3) is 2.95. The number of rotatable bonds is 4. The van der Waals surface area contributed by atoms with Crippen molar-refractivity contribution in [2.75, 3.05) is 13.1 Å². The number of carbonyl (C=O) groups is 1. The molecule has 0 aliphatic carbocycles. The van der Waals surface area contributed by atoms with Crippen molar-refractivity contribution in [3.05, 3.63) is 61.1 Å². The first kappa shape index (κ1) is 14.7. The molecule has 3 heterocycles. The molecule has 1 atom stereocenters. The Balaban J connectivity index is 1.42. The summed E-state index contributed by atoms with van der Waals surface area (Å²) in [6, 6.07) is 14.1. The molecule has 1 saturated heterocycles. The minimum Gasteiger partial charge on any atom is -0.345 e. The number of benzene rings is 1. The topological polar surface area (TPSA) is 56.0 Å². The Hall–Kier alpha value is -2.89. The number of hydrogen-bond donors (Lipinski definition) is 0. The van der Waals surface area contributed by atoms with Gasteiger partial charge in [0, 0.05) is 31.0 Å². The highest BCUT2D eigenvalue weighted by molar-refractivity contribution is 5.76. The van der Waals surface area contributed by atoms with Gasteiger partial charge in [-0.05, 0) is 18.6 Å². The molecule has 0 radical (unpaired) electrons. The first-order chi connectivity index (χ1) is 11.8. The van der Waals surface area contributed by atoms with E-state index in [1.807, 2.05) is 75.2 Å². The summed E-state index contributed by atoms with van der Waals surface area (Å²) < 4.78 is 3.80. The van der Waals surface area contributed by atoms with Gasteiger partial charge in [0.2, 0.25) is 5.91 Å². The van der Waals surface area contributed by atoms with Crippen molar-refractivity contribution in [3.63, 3.8) is 0 Å². The number of likely N-dealkylation sites (tertiary alicyclic amines) is 1. The van der Waals surface area contributed by atoms with Gasteiger partial charge in [0.15, 0.2) is 0 Å². The van der Waals surface area contributed by atoms with Crippen molar-refractivity contribution < 1.29 is 4.79 Å². The molecule has 24 heavy (non-hydrogen) atoms. The van der Waals surface area contributed by atoms with Gasteiger partial charge in [-0.2, -0.15) is 0 Å². The summed E-state index contributed by atoms with van der Waals surface area (Å²) in [5.74, 6) is 0.150. The van der Waals surface area contributed by atoms with Crippen LogP contribution in [0.25, 0.3) is 11.3 Å². The first-order valence-electron chi connectivity index (χ1n) is 8.15. The molecule has 1 amide bonds. The van der Waals surface area contributed by atoms with Gasteiger partial charge in [0.05, 0.1) is 12.2 Å². The molecule has 0 spiro atoms. The molecule has 122 valence electrons. The maximum absolute atomic E-state index is 12.4. The van der Waals surface area contributed by atoms with E-state index in [1.165, 1.54) is 0 Å². The molecule has 4 rings (SSSR count). The van der Waals surface area contributed by atoms with Crippen molar-refractivity contribution in [1.29, 1.82) is 0 Å². The molecule has 1 fully saturated rings. The Morgan fingerprint density at radius 3 is 2.71 bits per heavy atom. The van der Waals surface area contributed by atoms with E-state index < -0.39 is 0 Å². The molecular formula is C18H19N5O. The van der Waals surface area contributed by atoms with Gasteiger partial charge in [0.1, 0.15) is 12.2 Å². The van der Waals surface area contributed by atoms with E-state index in [2.05, 4.69) is 10.3 Å². The van der Waals surface area contributed by atoms with Crippen molar-refractivity contribution >= 4 is 5.91 Å². The summed E-state index contributed by atoms with van der Waals surface area (Å²) >= 11 is 0. The zero-order valence-electron chi connectivity index (χ0n) is 13.3. The highest BCUT2D eigenvalue weighted by Crippen LogP contribution is 2.23. The molecule has 1 aliphatic heterocycles. The van der Waals surface area contributed by atoms with Crippen LogP contribution in [-0.4, -0.2) is 43.5 Å². The average Bonchev–Trinajstić information content (AvgIpc) is 3.36. The van der Waals surface area contributed by atoms with Crippen LogP contribution in [0.3, 0.4) is 0 Å². The second-order valence-corrected chi connectivity index (χ2v) is 6.09. The summed E-state index contributed by atoms with van der Waals surface area (Å²) in [7, 11) is 0. The summed E-state index contributed by atoms with van der Waals surface area (Å²) in [5.41, 5.74) is 1.93. The highest BCUT2D eigenvalue weighted by atomic mass is 16.2. The fourth-order valence-corrected chi connectivity index (χ4v) is 3.11. The molecule has 0 N–H and O–H groups in total. The van der Waals surface area contributed by atoms with Crippen LogP contribution in [0.4, 0.5) is 0 Å². The minimum atomic E-state index is 0.150. The van der Waals surface area contributed by atoms with Crippen LogP contribution >= 0.6 is 0 Å². The summed E-state index contributed by atoms with van der Waals surface area (Å²) in [6.07, 6.45) is 6.71. The van der Waals surface area contributed by atoms with Crippen LogP contribution in [0.15, 0.2) is 61.1 Å². The SMILES string of the molecule is O=C(Cn1cccc1)N1CCC(n2cc(-c3ccccc3)nn2)C1. The standard InChI is InChI=1S/C18H19N5O/c24-18(14-21-9-4-5-10-21)22-11-8-16(12-22)23-13-17(19-20-23)15-6-2-1-3-7-15/h1-7,9-10,13,16H,8,11-12,14H2. The lowest BCUT2D eigenvalue weighted by atomic mass is 10.2. The largest absolute Gasteiger partial charge is 0.345 e. The Morgan fingerprint density at radius 1 is 1.12 bits per heavy atom. The van der Waals surface area contributed by atoms with Crippen LogP contribution in [0, 0.1) is 0 Å². The van der Waals surface area contributed by atoms with Gasteiger partial charge < -0.3 is 9.47 Å². The maximum Gasteiger partial charge on any atom is 0.242 e. The Labute approximate surface area is 140 Å². The molecule has 0 bridgehead atoms. The van der Waals surface area contributed by atoms with E-state index in [0.717, 1.165) is 24.2 Å². The first-order valence-corrected chi connectivity index (χ1v) is 8.15. The van der Waals surface area contributed by atoms with Crippen LogP contribution in [-0.2, 0) is 11.3 Å². The molecule has 1 aliphatic rings. The van der Waals surface area contributed by atoms with Gasteiger partial charge in [-0.3, -0.25) is 4.79 Å². The number of amides is 1. The number of hydrogen-bond acceptors (Lipinski definition) is 3. The molecule has 1 aromatic carbocycles. The van der Waals surface area contributed by atoms with E-state index in [1.54, 1.807) is 0 Å². The fourth-order valence-electron chi connectivity index (χ4n) is 3.11. The van der Waals surface area contributed by atoms with Crippen molar-refractivity contribution in [1.82, 2.24) is 24.5 Å². The Bertz CT molecular complexity index is 809. The van der Waals surface area contributed by atoms with E-state index in [-0.39, 0.29) is 11.9 Å². The van der Waals surface area contributed by atoms with Gasteiger partial charge in [-0.1, -0.05) is 35.5 Å². The van der Waals surface area contributed by atoms with E-state index in [4.69, 9.17) is 0 Å². The summed E-state index contributed by atoms with van der Waals surface area (Å²) in [4.78, 5) is 14.3. The molecule has 3 aromatic rings. The lowest BCUT2D eigenvalue weighted by Gasteiger charge is -2.16. The molecule has 6 nitrogen and oxygen atoms in total. The highest BCUT2D eigenvalue weighted by Gasteiger charge is 2.28. The third-order valence-corrected chi connectivity index (χ3v) is 4.45. The molecular weight excluding hydrogens is 302 g/mol. The maximum atomic E-state index is 12.4. The lowest BCUT2D eigenvalue weighted by Crippen LogP contribution is -2.32. The molecule has 2 aromatic heterocycles. The molecule has 6 heteroatoms. The zero-order valence-corrected chi connectivity index (χ0v) is 13.3. The van der Waals surface area contributed by atoms with Crippen LogP contribution in [0.2, 0.25) is 0 Å². The van der Waals surface area contributed by atoms with E-state index >= 15 is 0 Å². The Morgan fingerprint density at radius 2 is 1.92 bits per heavy atom.